The Hall–Kier alpha value is -2.04. The second-order valence-electron chi connectivity index (χ2n) is 5.06. The summed E-state index contributed by atoms with van der Waals surface area (Å²) in [5.41, 5.74) is 0.355. The van der Waals surface area contributed by atoms with Crippen molar-refractivity contribution in [2.75, 3.05) is 0 Å². The van der Waals surface area contributed by atoms with Crippen LogP contribution in [0.15, 0.2) is 30.3 Å². The molecule has 0 aliphatic carbocycles. The monoisotopic (exact) mass is 265 g/mol. The SMILES string of the molecule is CC(C)(C)OC(=O)NC(Cc1ccccc1)OC=O. The average Bonchev–Trinajstić information content (AvgIpc) is 2.27. The highest BCUT2D eigenvalue weighted by atomic mass is 16.6. The maximum absolute atomic E-state index is 11.6. The Morgan fingerprint density at radius 3 is 2.47 bits per heavy atom. The summed E-state index contributed by atoms with van der Waals surface area (Å²) in [6.07, 6.45) is -0.969. The number of carbonyl (C=O) groups excluding carboxylic acids is 2. The molecule has 1 unspecified atom stereocenters. The van der Waals surface area contributed by atoms with Crippen molar-refractivity contribution in [2.45, 2.75) is 39.0 Å². The first-order chi connectivity index (χ1) is 8.90. The van der Waals surface area contributed by atoms with E-state index >= 15 is 0 Å². The molecule has 0 aliphatic heterocycles. The maximum Gasteiger partial charge on any atom is 0.410 e. The number of carbonyl (C=O) groups is 2. The third-order valence-electron chi connectivity index (χ3n) is 2.16. The zero-order valence-electron chi connectivity index (χ0n) is 11.4. The molecule has 1 N–H and O–H groups in total. The van der Waals surface area contributed by atoms with Gasteiger partial charge in [-0.05, 0) is 26.3 Å². The molecule has 1 atom stereocenters. The molecule has 104 valence electrons. The molecule has 0 radical (unpaired) electrons. The molecule has 19 heavy (non-hydrogen) atoms. The zero-order valence-corrected chi connectivity index (χ0v) is 11.4. The second kappa shape index (κ2) is 6.78. The number of benzene rings is 1. The first-order valence-electron chi connectivity index (χ1n) is 6.03. The molecule has 5 nitrogen and oxygen atoms in total. The second-order valence-corrected chi connectivity index (χ2v) is 5.06. The number of amides is 1. The molecule has 0 saturated carbocycles. The van der Waals surface area contributed by atoms with Gasteiger partial charge in [-0.2, -0.15) is 0 Å². The van der Waals surface area contributed by atoms with Crippen molar-refractivity contribution in [3.63, 3.8) is 0 Å². The zero-order chi connectivity index (χ0) is 14.3. The lowest BCUT2D eigenvalue weighted by Crippen LogP contribution is -2.41. The van der Waals surface area contributed by atoms with Crippen LogP contribution < -0.4 is 5.32 Å². The van der Waals surface area contributed by atoms with E-state index in [2.05, 4.69) is 5.32 Å². The Kier molecular flexibility index (Phi) is 5.36. The molecule has 0 heterocycles. The van der Waals surface area contributed by atoms with Crippen LogP contribution in [0.2, 0.25) is 0 Å². The first-order valence-corrected chi connectivity index (χ1v) is 6.03. The predicted molar refractivity (Wildman–Crippen MR) is 70.5 cm³/mol. The number of hydrogen-bond acceptors (Lipinski definition) is 4. The first kappa shape index (κ1) is 15.0. The Morgan fingerprint density at radius 1 is 1.32 bits per heavy atom. The van der Waals surface area contributed by atoms with E-state index in [4.69, 9.17) is 9.47 Å². The van der Waals surface area contributed by atoms with E-state index in [1.165, 1.54) is 0 Å². The molecule has 1 aromatic rings. The molecule has 0 spiro atoms. The smallest absolute Gasteiger partial charge is 0.410 e. The van der Waals surface area contributed by atoms with E-state index in [-0.39, 0.29) is 0 Å². The lowest BCUT2D eigenvalue weighted by atomic mass is 10.1. The van der Waals surface area contributed by atoms with Gasteiger partial charge in [0.1, 0.15) is 5.60 Å². The van der Waals surface area contributed by atoms with Gasteiger partial charge in [-0.15, -0.1) is 0 Å². The van der Waals surface area contributed by atoms with Gasteiger partial charge < -0.3 is 9.47 Å². The minimum absolute atomic E-state index is 0.310. The molecule has 0 fully saturated rings. The number of rotatable bonds is 5. The van der Waals surface area contributed by atoms with E-state index in [1.807, 2.05) is 30.3 Å². The number of alkyl carbamates (subject to hydrolysis) is 1. The number of hydrogen-bond donors (Lipinski definition) is 1. The van der Waals surface area contributed by atoms with Crippen LogP contribution in [-0.2, 0) is 20.7 Å². The van der Waals surface area contributed by atoms with Crippen LogP contribution in [0.4, 0.5) is 4.79 Å². The van der Waals surface area contributed by atoms with Crippen LogP contribution >= 0.6 is 0 Å². The van der Waals surface area contributed by atoms with E-state index < -0.39 is 17.9 Å². The standard InChI is InChI=1S/C14H19NO4/c1-14(2,3)19-13(17)15-12(18-10-16)9-11-7-5-4-6-8-11/h4-8,10,12H,9H2,1-3H3,(H,15,17). The van der Waals surface area contributed by atoms with E-state index in [1.54, 1.807) is 20.8 Å². The van der Waals surface area contributed by atoms with Gasteiger partial charge in [0.15, 0.2) is 6.23 Å². The van der Waals surface area contributed by atoms with E-state index in [0.29, 0.717) is 12.9 Å². The summed E-state index contributed by atoms with van der Waals surface area (Å²) in [4.78, 5) is 22.1. The lowest BCUT2D eigenvalue weighted by Gasteiger charge is -2.22. The molecule has 1 rings (SSSR count). The summed E-state index contributed by atoms with van der Waals surface area (Å²) in [7, 11) is 0. The van der Waals surface area contributed by atoms with Gasteiger partial charge in [0.25, 0.3) is 6.47 Å². The van der Waals surface area contributed by atoms with Crippen LogP contribution in [-0.4, -0.2) is 24.4 Å². The fourth-order valence-corrected chi connectivity index (χ4v) is 1.47. The van der Waals surface area contributed by atoms with Crippen LogP contribution in [0.1, 0.15) is 26.3 Å². The van der Waals surface area contributed by atoms with Crippen molar-refractivity contribution >= 4 is 12.6 Å². The molecule has 0 saturated heterocycles. The minimum Gasteiger partial charge on any atom is -0.444 e. The summed E-state index contributed by atoms with van der Waals surface area (Å²) in [6.45, 7) is 5.60. The number of nitrogens with one attached hydrogen (secondary N) is 1. The fourth-order valence-electron chi connectivity index (χ4n) is 1.47. The third kappa shape index (κ3) is 6.45. The van der Waals surface area contributed by atoms with Crippen LogP contribution in [0.25, 0.3) is 0 Å². The molecular formula is C14H19NO4. The van der Waals surface area contributed by atoms with Crippen molar-refractivity contribution in [3.8, 4) is 0 Å². The van der Waals surface area contributed by atoms with Gasteiger partial charge >= 0.3 is 6.09 Å². The largest absolute Gasteiger partial charge is 0.444 e. The van der Waals surface area contributed by atoms with Crippen molar-refractivity contribution in [3.05, 3.63) is 35.9 Å². The van der Waals surface area contributed by atoms with Gasteiger partial charge in [0.2, 0.25) is 0 Å². The Morgan fingerprint density at radius 2 is 1.95 bits per heavy atom. The van der Waals surface area contributed by atoms with E-state index in [0.717, 1.165) is 5.56 Å². The molecule has 0 aliphatic rings. The third-order valence-corrected chi connectivity index (χ3v) is 2.16. The summed E-state index contributed by atoms with van der Waals surface area (Å²) in [6, 6.07) is 9.41. The van der Waals surface area contributed by atoms with Gasteiger partial charge in [0, 0.05) is 6.42 Å². The molecule has 0 aromatic heterocycles. The van der Waals surface area contributed by atoms with Crippen molar-refractivity contribution in [1.29, 1.82) is 0 Å². The molecule has 1 aromatic carbocycles. The number of ether oxygens (including phenoxy) is 2. The summed E-state index contributed by atoms with van der Waals surface area (Å²) in [5, 5.41) is 2.51. The molecule has 1 amide bonds. The molecule has 5 heteroatoms. The average molecular weight is 265 g/mol. The quantitative estimate of drug-likeness (QED) is 0.655. The van der Waals surface area contributed by atoms with Gasteiger partial charge in [-0.25, -0.2) is 4.79 Å². The van der Waals surface area contributed by atoms with Crippen LogP contribution in [0.3, 0.4) is 0 Å². The molecular weight excluding hydrogens is 246 g/mol. The minimum atomic E-state index is -0.741. The van der Waals surface area contributed by atoms with Crippen LogP contribution in [0.5, 0.6) is 0 Å². The summed E-state index contributed by atoms with van der Waals surface area (Å²) >= 11 is 0. The van der Waals surface area contributed by atoms with Gasteiger partial charge in [-0.1, -0.05) is 30.3 Å². The lowest BCUT2D eigenvalue weighted by molar-refractivity contribution is -0.134. The Labute approximate surface area is 112 Å². The maximum atomic E-state index is 11.6. The van der Waals surface area contributed by atoms with Crippen molar-refractivity contribution < 1.29 is 19.1 Å². The Balaban J connectivity index is 2.58. The van der Waals surface area contributed by atoms with Crippen molar-refractivity contribution in [1.82, 2.24) is 5.32 Å². The predicted octanol–water partition coefficient (Wildman–Crippen LogP) is 2.25. The highest BCUT2D eigenvalue weighted by Gasteiger charge is 2.20. The highest BCUT2D eigenvalue weighted by Crippen LogP contribution is 2.08. The molecule has 0 bridgehead atoms. The van der Waals surface area contributed by atoms with Gasteiger partial charge in [-0.3, -0.25) is 10.1 Å². The Bertz CT molecular complexity index is 411. The topological polar surface area (TPSA) is 64.6 Å². The highest BCUT2D eigenvalue weighted by molar-refractivity contribution is 5.68. The fraction of sp³-hybridized carbons (Fsp3) is 0.429. The van der Waals surface area contributed by atoms with E-state index in [9.17, 15) is 9.59 Å². The van der Waals surface area contributed by atoms with Crippen LogP contribution in [0, 0.1) is 0 Å². The summed E-state index contributed by atoms with van der Waals surface area (Å²) < 4.78 is 9.94. The normalized spacial score (nSPS) is 12.4. The van der Waals surface area contributed by atoms with Gasteiger partial charge in [0.05, 0.1) is 0 Å². The van der Waals surface area contributed by atoms with Crippen molar-refractivity contribution in [2.24, 2.45) is 0 Å². The summed E-state index contributed by atoms with van der Waals surface area (Å²) in [5.74, 6) is 0.